The molecule has 0 spiro atoms. The normalized spacial score (nSPS) is 10.9. The molecule has 0 fully saturated rings. The van der Waals surface area contributed by atoms with Gasteiger partial charge in [0.25, 0.3) is 5.91 Å². The molecule has 3 rings (SSSR count). The van der Waals surface area contributed by atoms with Crippen molar-refractivity contribution in [1.29, 1.82) is 0 Å². The Morgan fingerprint density at radius 3 is 2.44 bits per heavy atom. The number of halogens is 2. The van der Waals surface area contributed by atoms with Gasteiger partial charge in [0.2, 0.25) is 0 Å². The molecule has 0 saturated heterocycles. The van der Waals surface area contributed by atoms with Gasteiger partial charge in [-0.05, 0) is 32.0 Å². The summed E-state index contributed by atoms with van der Waals surface area (Å²) in [5.74, 6) is -0.276. The first-order chi connectivity index (χ1) is 11.9. The van der Waals surface area contributed by atoms with Crippen LogP contribution in [0.4, 0.5) is 5.69 Å². The van der Waals surface area contributed by atoms with Gasteiger partial charge in [0.15, 0.2) is 5.69 Å². The molecule has 0 unspecified atom stereocenters. The van der Waals surface area contributed by atoms with E-state index in [1.54, 1.807) is 46.9 Å². The molecule has 0 aliphatic heterocycles. The van der Waals surface area contributed by atoms with Crippen molar-refractivity contribution in [2.45, 2.75) is 20.4 Å². The summed E-state index contributed by atoms with van der Waals surface area (Å²) in [6.07, 6.45) is 1.72. The van der Waals surface area contributed by atoms with Gasteiger partial charge in [0.1, 0.15) is 0 Å². The first-order valence-corrected chi connectivity index (χ1v) is 8.40. The molecule has 6 nitrogen and oxygen atoms in total. The lowest BCUT2D eigenvalue weighted by Crippen LogP contribution is -2.14. The molecule has 0 aliphatic carbocycles. The van der Waals surface area contributed by atoms with Crippen molar-refractivity contribution in [2.75, 3.05) is 5.32 Å². The molecule has 1 N–H and O–H groups in total. The van der Waals surface area contributed by atoms with Crippen molar-refractivity contribution < 1.29 is 4.79 Å². The van der Waals surface area contributed by atoms with Crippen molar-refractivity contribution in [3.8, 4) is 0 Å². The molecule has 2 aromatic heterocycles. The number of aryl methyl sites for hydroxylation is 2. The average molecular weight is 378 g/mol. The number of hydrogen-bond donors (Lipinski definition) is 1. The van der Waals surface area contributed by atoms with Crippen LogP contribution in [0.3, 0.4) is 0 Å². The molecule has 8 heteroatoms. The molecule has 25 heavy (non-hydrogen) atoms. The second-order valence-corrected chi connectivity index (χ2v) is 6.55. The first-order valence-electron chi connectivity index (χ1n) is 7.64. The number of hydrogen-bond acceptors (Lipinski definition) is 3. The van der Waals surface area contributed by atoms with Crippen LogP contribution in [0.5, 0.6) is 0 Å². The summed E-state index contributed by atoms with van der Waals surface area (Å²) in [6.45, 7) is 4.15. The SMILES string of the molecule is Cc1nn(Cc2c(Cl)cccc2Cl)c(C)c1NC(=O)c1ccn(C)n1. The fraction of sp³-hybridized carbons (Fsp3) is 0.235. The number of amides is 1. The van der Waals surface area contributed by atoms with Gasteiger partial charge in [-0.3, -0.25) is 14.2 Å². The van der Waals surface area contributed by atoms with Gasteiger partial charge in [-0.1, -0.05) is 29.3 Å². The van der Waals surface area contributed by atoms with Crippen molar-refractivity contribution >= 4 is 34.8 Å². The summed E-state index contributed by atoms with van der Waals surface area (Å²) in [4.78, 5) is 12.3. The van der Waals surface area contributed by atoms with Gasteiger partial charge >= 0.3 is 0 Å². The van der Waals surface area contributed by atoms with Crippen molar-refractivity contribution in [1.82, 2.24) is 19.6 Å². The summed E-state index contributed by atoms with van der Waals surface area (Å²) in [5, 5.41) is 12.6. The van der Waals surface area contributed by atoms with E-state index in [2.05, 4.69) is 15.5 Å². The minimum Gasteiger partial charge on any atom is -0.317 e. The number of benzene rings is 1. The first kappa shape index (κ1) is 17.5. The van der Waals surface area contributed by atoms with Gasteiger partial charge in [-0.2, -0.15) is 10.2 Å². The molecule has 0 saturated carbocycles. The fourth-order valence-corrected chi connectivity index (χ4v) is 3.10. The van der Waals surface area contributed by atoms with Crippen LogP contribution in [0.2, 0.25) is 10.0 Å². The van der Waals surface area contributed by atoms with Crippen LogP contribution in [-0.2, 0) is 13.6 Å². The van der Waals surface area contributed by atoms with E-state index in [0.717, 1.165) is 11.3 Å². The summed E-state index contributed by atoms with van der Waals surface area (Å²) in [7, 11) is 1.76. The zero-order valence-electron chi connectivity index (χ0n) is 14.0. The van der Waals surface area contributed by atoms with E-state index in [1.165, 1.54) is 0 Å². The summed E-state index contributed by atoms with van der Waals surface area (Å²) in [6, 6.07) is 7.04. The molecule has 130 valence electrons. The zero-order valence-corrected chi connectivity index (χ0v) is 15.6. The van der Waals surface area contributed by atoms with E-state index < -0.39 is 0 Å². The molecular weight excluding hydrogens is 361 g/mol. The van der Waals surface area contributed by atoms with E-state index in [9.17, 15) is 4.79 Å². The van der Waals surface area contributed by atoms with Crippen LogP contribution in [0.15, 0.2) is 30.5 Å². The highest BCUT2D eigenvalue weighted by Gasteiger charge is 2.18. The topological polar surface area (TPSA) is 64.7 Å². The maximum Gasteiger partial charge on any atom is 0.276 e. The van der Waals surface area contributed by atoms with Crippen LogP contribution < -0.4 is 5.32 Å². The Labute approximate surface area is 155 Å². The van der Waals surface area contributed by atoms with E-state index in [-0.39, 0.29) is 5.91 Å². The van der Waals surface area contributed by atoms with Crippen LogP contribution in [0, 0.1) is 13.8 Å². The molecule has 3 aromatic rings. The maximum absolute atomic E-state index is 12.3. The van der Waals surface area contributed by atoms with Crippen LogP contribution in [-0.4, -0.2) is 25.5 Å². The minimum absolute atomic E-state index is 0.276. The maximum atomic E-state index is 12.3. The molecule has 2 heterocycles. The molecule has 1 amide bonds. The lowest BCUT2D eigenvalue weighted by molar-refractivity contribution is 0.102. The standard InChI is InChI=1S/C17H17Cl2N5O/c1-10-16(20-17(25)15-7-8-23(3)22-15)11(2)24(21-10)9-12-13(18)5-4-6-14(12)19/h4-8H,9H2,1-3H3,(H,20,25). The van der Waals surface area contributed by atoms with Crippen LogP contribution >= 0.6 is 23.2 Å². The highest BCUT2D eigenvalue weighted by Crippen LogP contribution is 2.27. The summed E-state index contributed by atoms with van der Waals surface area (Å²) < 4.78 is 3.36. The quantitative estimate of drug-likeness (QED) is 0.750. The highest BCUT2D eigenvalue weighted by atomic mass is 35.5. The Hall–Kier alpha value is -2.31. The highest BCUT2D eigenvalue weighted by molar-refractivity contribution is 6.35. The number of rotatable bonds is 4. The third-order valence-corrected chi connectivity index (χ3v) is 4.64. The molecule has 0 bridgehead atoms. The Bertz CT molecular complexity index is 924. The molecule has 0 radical (unpaired) electrons. The third kappa shape index (κ3) is 3.55. The minimum atomic E-state index is -0.276. The van der Waals surface area contributed by atoms with Crippen LogP contribution in [0.25, 0.3) is 0 Å². The lowest BCUT2D eigenvalue weighted by atomic mass is 10.2. The zero-order chi connectivity index (χ0) is 18.1. The Morgan fingerprint density at radius 2 is 1.84 bits per heavy atom. The lowest BCUT2D eigenvalue weighted by Gasteiger charge is -2.09. The Morgan fingerprint density at radius 1 is 1.16 bits per heavy atom. The van der Waals surface area contributed by atoms with Crippen molar-refractivity contribution in [2.24, 2.45) is 7.05 Å². The largest absolute Gasteiger partial charge is 0.317 e. The van der Waals surface area contributed by atoms with Gasteiger partial charge in [-0.25, -0.2) is 0 Å². The van der Waals surface area contributed by atoms with Gasteiger partial charge < -0.3 is 5.32 Å². The van der Waals surface area contributed by atoms with E-state index in [4.69, 9.17) is 23.2 Å². The number of aromatic nitrogens is 4. The van der Waals surface area contributed by atoms with Crippen LogP contribution in [0.1, 0.15) is 27.4 Å². The number of carbonyl (C=O) groups is 1. The summed E-state index contributed by atoms with van der Waals surface area (Å²) in [5.41, 5.74) is 3.34. The van der Waals surface area contributed by atoms with E-state index in [0.29, 0.717) is 33.7 Å². The molecule has 1 aromatic carbocycles. The number of carbonyl (C=O) groups excluding carboxylic acids is 1. The number of nitrogens with one attached hydrogen (secondary N) is 1. The Kier molecular flexibility index (Phi) is 4.83. The fourth-order valence-electron chi connectivity index (χ4n) is 2.58. The van der Waals surface area contributed by atoms with E-state index >= 15 is 0 Å². The van der Waals surface area contributed by atoms with Crippen molar-refractivity contribution in [3.05, 3.63) is 63.2 Å². The van der Waals surface area contributed by atoms with Crippen molar-refractivity contribution in [3.63, 3.8) is 0 Å². The van der Waals surface area contributed by atoms with Gasteiger partial charge in [0.05, 0.1) is 23.6 Å². The third-order valence-electron chi connectivity index (χ3n) is 3.94. The predicted molar refractivity (Wildman–Crippen MR) is 98.4 cm³/mol. The van der Waals surface area contributed by atoms with Gasteiger partial charge in [-0.15, -0.1) is 0 Å². The molecule has 0 atom stereocenters. The second-order valence-electron chi connectivity index (χ2n) is 5.73. The average Bonchev–Trinajstić information content (AvgIpc) is 3.10. The van der Waals surface area contributed by atoms with Gasteiger partial charge in [0, 0.05) is 28.9 Å². The monoisotopic (exact) mass is 377 g/mol. The molecule has 0 aliphatic rings. The number of anilines is 1. The smallest absolute Gasteiger partial charge is 0.276 e. The van der Waals surface area contributed by atoms with E-state index in [1.807, 2.05) is 13.8 Å². The Balaban J connectivity index is 1.87. The number of nitrogens with zero attached hydrogens (tertiary/aromatic N) is 4. The predicted octanol–water partition coefficient (Wildman–Crippen LogP) is 3.84. The summed E-state index contributed by atoms with van der Waals surface area (Å²) >= 11 is 12.5. The second kappa shape index (κ2) is 6.90. The molecular formula is C17H17Cl2N5O.